The number of primary amides is 1. The number of nitrogens with two attached hydrogens (primary N) is 1. The summed E-state index contributed by atoms with van der Waals surface area (Å²) in [5.41, 5.74) is 6.40. The van der Waals surface area contributed by atoms with E-state index in [4.69, 9.17) is 19.9 Å². The lowest BCUT2D eigenvalue weighted by molar-refractivity contribution is -0.147. The molecule has 0 spiro atoms. The third-order valence-electron chi connectivity index (χ3n) is 18.1. The number of methoxy groups -OCH3 is 2. The lowest BCUT2D eigenvalue weighted by Crippen LogP contribution is -2.59. The number of urea groups is 1. The van der Waals surface area contributed by atoms with Crippen molar-refractivity contribution >= 4 is 76.2 Å². The van der Waals surface area contributed by atoms with Crippen molar-refractivity contribution in [3.05, 3.63) is 58.6 Å². The highest BCUT2D eigenvalue weighted by Crippen LogP contribution is 2.41. The molecule has 3 fully saturated rings. The van der Waals surface area contributed by atoms with Gasteiger partial charge < -0.3 is 67.0 Å². The van der Waals surface area contributed by atoms with Crippen LogP contribution in [0.5, 0.6) is 0 Å². The van der Waals surface area contributed by atoms with Gasteiger partial charge in [0.25, 0.3) is 11.8 Å². The highest BCUT2D eigenvalue weighted by atomic mass is 32.1. The van der Waals surface area contributed by atoms with Crippen molar-refractivity contribution in [1.29, 1.82) is 0 Å². The molecule has 25 nitrogen and oxygen atoms in total. The normalized spacial score (nSPS) is 21.8. The van der Waals surface area contributed by atoms with E-state index in [9.17, 15) is 47.9 Å². The number of likely N-dealkylation sites (N-methyl/N-ethyl adjacent to an activating group) is 1. The van der Waals surface area contributed by atoms with Gasteiger partial charge in [-0.05, 0) is 92.2 Å². The summed E-state index contributed by atoms with van der Waals surface area (Å²) in [6, 6.07) is 1.68. The summed E-state index contributed by atoms with van der Waals surface area (Å²) in [6.45, 7) is 15.9. The van der Waals surface area contributed by atoms with Crippen molar-refractivity contribution < 1.29 is 62.2 Å². The number of ether oxygens (including phenoxy) is 3. The van der Waals surface area contributed by atoms with Crippen LogP contribution in [-0.4, -0.2) is 187 Å². The van der Waals surface area contributed by atoms with Crippen LogP contribution in [0.3, 0.4) is 0 Å². The smallest absolute Gasteiger partial charge is 0.312 e. The first kappa shape index (κ1) is 71.2. The molecule has 1 aliphatic carbocycles. The summed E-state index contributed by atoms with van der Waals surface area (Å²) in [4.78, 5) is 143. The van der Waals surface area contributed by atoms with Crippen molar-refractivity contribution in [3.63, 3.8) is 0 Å². The first-order valence-corrected chi connectivity index (χ1v) is 32.3. The number of imide groups is 1. The van der Waals surface area contributed by atoms with E-state index in [1.807, 2.05) is 39.1 Å². The van der Waals surface area contributed by atoms with Crippen molar-refractivity contribution in [1.82, 2.24) is 51.6 Å². The number of likely N-dealkylation sites (tertiary alicyclic amines) is 1. The molecule has 11 amide bonds. The minimum atomic E-state index is -1.13. The Morgan fingerprint density at radius 3 is 2.20 bits per heavy atom. The third kappa shape index (κ3) is 19.1. The Bertz CT molecular complexity index is 2790. The Balaban J connectivity index is 1.08. The number of rotatable bonds is 35. The van der Waals surface area contributed by atoms with Gasteiger partial charge in [0.05, 0.1) is 68.5 Å². The second kappa shape index (κ2) is 33.8. The first-order valence-electron chi connectivity index (χ1n) is 31.4. The molecule has 14 atom stereocenters. The molecule has 0 radical (unpaired) electrons. The number of carbonyl (C=O) groups excluding carboxylic acids is 10. The fraction of sp³-hybridized carbons (Fsp3) is 0.667. The number of anilines is 1. The summed E-state index contributed by atoms with van der Waals surface area (Å²) in [7, 11) is 4.81. The first-order chi connectivity index (χ1) is 42.4. The molecule has 89 heavy (non-hydrogen) atoms. The average Bonchev–Trinajstić information content (AvgIpc) is 2.48. The molecule has 2 saturated heterocycles. The Morgan fingerprint density at radius 2 is 1.60 bits per heavy atom. The van der Waals surface area contributed by atoms with Gasteiger partial charge in [0.1, 0.15) is 23.1 Å². The molecule has 9 N–H and O–H groups in total. The summed E-state index contributed by atoms with van der Waals surface area (Å²) in [5.74, 6) is -4.34. The predicted molar refractivity (Wildman–Crippen MR) is 334 cm³/mol. The highest BCUT2D eigenvalue weighted by Gasteiger charge is 2.49. The van der Waals surface area contributed by atoms with Crippen LogP contribution in [-0.2, 0) is 63.8 Å². The van der Waals surface area contributed by atoms with Gasteiger partial charge in [-0.3, -0.25) is 48.1 Å². The van der Waals surface area contributed by atoms with Gasteiger partial charge in [0, 0.05) is 76.2 Å². The van der Waals surface area contributed by atoms with Crippen LogP contribution >= 0.6 is 11.3 Å². The van der Waals surface area contributed by atoms with Crippen LogP contribution in [0.15, 0.2) is 48.0 Å². The van der Waals surface area contributed by atoms with Gasteiger partial charge in [-0.15, -0.1) is 11.3 Å². The summed E-state index contributed by atoms with van der Waals surface area (Å²) in [6.07, 6.45) is 7.00. The summed E-state index contributed by atoms with van der Waals surface area (Å²) >= 11 is 1.36. The van der Waals surface area contributed by atoms with Crippen molar-refractivity contribution in [2.45, 2.75) is 180 Å². The lowest BCUT2D eigenvalue weighted by Gasteiger charge is -2.41. The van der Waals surface area contributed by atoms with Gasteiger partial charge in [-0.2, -0.15) is 0 Å². The molecule has 4 aliphatic rings. The zero-order valence-electron chi connectivity index (χ0n) is 53.5. The van der Waals surface area contributed by atoms with Crippen LogP contribution in [0.25, 0.3) is 0 Å². The van der Waals surface area contributed by atoms with E-state index in [0.29, 0.717) is 48.5 Å². The summed E-state index contributed by atoms with van der Waals surface area (Å²) in [5, 5.41) is 23.1. The fourth-order valence-electron chi connectivity index (χ4n) is 12.9. The van der Waals surface area contributed by atoms with Crippen LogP contribution in [0, 0.1) is 35.5 Å². The molecule has 1 saturated carbocycles. The van der Waals surface area contributed by atoms with Crippen molar-refractivity contribution in [2.75, 3.05) is 59.4 Å². The van der Waals surface area contributed by atoms with Gasteiger partial charge >= 0.3 is 6.03 Å². The van der Waals surface area contributed by atoms with Gasteiger partial charge in [0.15, 0.2) is 0 Å². The molecule has 6 rings (SSSR count). The van der Waals surface area contributed by atoms with Crippen molar-refractivity contribution in [3.8, 4) is 0 Å². The van der Waals surface area contributed by atoms with E-state index in [2.05, 4.69) is 49.1 Å². The second-order valence-corrected chi connectivity index (χ2v) is 25.7. The zero-order chi connectivity index (χ0) is 65.2. The maximum absolute atomic E-state index is 14.7. The maximum Gasteiger partial charge on any atom is 0.312 e. The monoisotopic (exact) mass is 1260 g/mol. The van der Waals surface area contributed by atoms with Crippen LogP contribution < -0.4 is 43.0 Å². The van der Waals surface area contributed by atoms with E-state index in [-0.39, 0.29) is 106 Å². The summed E-state index contributed by atoms with van der Waals surface area (Å²) < 4.78 is 17.7. The number of fused-ring (bicyclic) bond motifs is 2. The number of thiazole rings is 1. The molecule has 1 aromatic heterocycles. The second-order valence-electron chi connectivity index (χ2n) is 24.8. The minimum Gasteiger partial charge on any atom is -0.379 e. The molecular formula is C63H96N12O13S. The van der Waals surface area contributed by atoms with E-state index in [1.54, 1.807) is 69.1 Å². The Kier molecular flexibility index (Phi) is 27.0. The molecule has 4 unspecified atom stereocenters. The fourth-order valence-corrected chi connectivity index (χ4v) is 13.6. The maximum atomic E-state index is 14.7. The molecule has 4 heterocycles. The number of nitrogens with one attached hydrogen (secondary N) is 7. The topological polar surface area (TPSA) is 331 Å². The zero-order valence-corrected chi connectivity index (χ0v) is 54.4. The number of hydrogen-bond acceptors (Lipinski definition) is 16. The Hall–Kier alpha value is -6.87. The van der Waals surface area contributed by atoms with E-state index >= 15 is 0 Å². The molecule has 3 aliphatic heterocycles. The van der Waals surface area contributed by atoms with Crippen molar-refractivity contribution in [2.24, 2.45) is 41.2 Å². The number of benzene rings is 1. The number of aromatic nitrogens is 1. The van der Waals surface area contributed by atoms with E-state index < -0.39 is 95.9 Å². The quantitative estimate of drug-likeness (QED) is 0.0363. The Labute approximate surface area is 527 Å². The average molecular weight is 1260 g/mol. The molecule has 2 aromatic rings. The van der Waals surface area contributed by atoms with E-state index in [1.165, 1.54) is 30.6 Å². The molecular weight excluding hydrogens is 1160 g/mol. The predicted octanol–water partition coefficient (Wildman–Crippen LogP) is 3.34. The van der Waals surface area contributed by atoms with Crippen LogP contribution in [0.4, 0.5) is 10.5 Å². The number of hydrogen-bond donors (Lipinski definition) is 8. The number of amides is 11. The Morgan fingerprint density at radius 1 is 0.876 bits per heavy atom. The number of nitrogens with zero attached hydrogens (tertiary/aromatic N) is 4. The van der Waals surface area contributed by atoms with Crippen LogP contribution in [0.1, 0.15) is 130 Å². The van der Waals surface area contributed by atoms with Gasteiger partial charge in [-0.1, -0.05) is 73.9 Å². The van der Waals surface area contributed by atoms with Crippen LogP contribution in [0.2, 0.25) is 0 Å². The van der Waals surface area contributed by atoms with E-state index in [0.717, 1.165) is 23.3 Å². The lowest BCUT2D eigenvalue weighted by atomic mass is 9.89. The largest absolute Gasteiger partial charge is 0.379 e. The SMILES string of the molecule is CC[C@H](C)C([C@@H](CC(=O)N1CCC[C@H]1[C@H](OC)[C@@H](C)C(=O)N[C@@H](Cc1cccc(NC(=O)[C@H](CCCNC(N)=O)NC(=O)C(NC(=O)CCOCCN2C(=O)C=CC2=O)C(C)C)c1)c1nccs1)OC)N(C)C(=O)[C@@H](NC(=O)[C@H]1NC2CCC1[C@@H]2C)C(C)C. The molecule has 492 valence electrons. The number of piperidine rings is 1. The highest BCUT2D eigenvalue weighted by molar-refractivity contribution is 7.09. The molecule has 1 aromatic carbocycles. The third-order valence-corrected chi connectivity index (χ3v) is 19.0. The van der Waals surface area contributed by atoms with Gasteiger partial charge in [-0.25, -0.2) is 9.78 Å². The van der Waals surface area contributed by atoms with Gasteiger partial charge in [0.2, 0.25) is 41.4 Å². The molecule has 26 heteroatoms. The molecule has 2 bridgehead atoms. The minimum absolute atomic E-state index is 0.0154. The standard InChI is InChI=1S/C63H96N12O13S/c1-12-37(6)55(73(9)62(84)53(36(4)5)72-60(83)54-42-20-21-43(68-54)38(42)7)47(86-10)34-51(79)74-27-15-19-46(74)56(87-11)39(8)57(80)70-45(61-65-26-31-89-61)33-40-16-13-17-41(32-40)67-58(81)44(18-14-25-66-63(64)85)69-59(82)52(35(2)3)71-48(76)24-29-88-30-28-75-49(77)22-23-50(75)78/h13,16-17,22-23,26,31-32,35-39,42-47,52-56,68H,12,14-15,18-21,24-25,27-30,33-34H2,1-11H3,(H,67,81)(H,69,82)(H,70,80)(H,71,76)(H,72,83)(H3,64,66,85)/t37-,38-,39+,42?,43?,44-,45-,46-,47+,52?,53-,54-,55?,56+/m0/s1. The number of carbonyl (C=O) groups is 10.